The number of fused-ring (bicyclic) bond motifs is 4. The number of methoxy groups -OCH3 is 1. The summed E-state index contributed by atoms with van der Waals surface area (Å²) in [4.78, 5) is 13.5. The van der Waals surface area contributed by atoms with Crippen LogP contribution in [-0.2, 0) is 0 Å². The van der Waals surface area contributed by atoms with Crippen molar-refractivity contribution in [3.8, 4) is 11.5 Å². The van der Waals surface area contributed by atoms with Gasteiger partial charge in [0.05, 0.1) is 13.2 Å². The molecule has 2 amide bonds. The number of carbonyl (C=O) groups excluding carboxylic acids is 1. The number of benzene rings is 1. The second kappa shape index (κ2) is 3.54. The van der Waals surface area contributed by atoms with Crippen LogP contribution in [-0.4, -0.2) is 30.8 Å². The number of amides is 2. The summed E-state index contributed by atoms with van der Waals surface area (Å²) < 4.78 is 11.4. The number of rotatable bonds is 1. The van der Waals surface area contributed by atoms with Crippen LogP contribution in [0.15, 0.2) is 18.2 Å². The van der Waals surface area contributed by atoms with E-state index < -0.39 is 5.72 Å². The Hall–Kier alpha value is -1.91. The number of nitrogens with one attached hydrogen (secondary N) is 1. The Bertz CT molecular complexity index is 517. The molecule has 5 nitrogen and oxygen atoms in total. The molecule has 2 heterocycles. The summed E-state index contributed by atoms with van der Waals surface area (Å²) in [6.07, 6.45) is 0.732. The summed E-state index contributed by atoms with van der Waals surface area (Å²) in [7, 11) is 3.36. The van der Waals surface area contributed by atoms with Crippen LogP contribution >= 0.6 is 0 Å². The molecule has 1 fully saturated rings. The lowest BCUT2D eigenvalue weighted by Crippen LogP contribution is -2.63. The summed E-state index contributed by atoms with van der Waals surface area (Å²) in [5, 5.41) is 2.98. The predicted octanol–water partition coefficient (Wildman–Crippen LogP) is 1.89. The Balaban J connectivity index is 2.14. The Kier molecular flexibility index (Phi) is 2.20. The van der Waals surface area contributed by atoms with Gasteiger partial charge in [0.25, 0.3) is 0 Å². The average Bonchev–Trinajstić information content (AvgIpc) is 2.35. The van der Waals surface area contributed by atoms with Gasteiger partial charge in [-0.2, -0.15) is 0 Å². The lowest BCUT2D eigenvalue weighted by Gasteiger charge is -2.49. The first kappa shape index (κ1) is 11.2. The van der Waals surface area contributed by atoms with Gasteiger partial charge in [0, 0.05) is 19.0 Å². The Morgan fingerprint density at radius 3 is 3.06 bits per heavy atom. The molecule has 1 aromatic carbocycles. The molecule has 2 atom stereocenters. The maximum Gasteiger partial charge on any atom is 0.320 e. The minimum atomic E-state index is -0.616. The molecule has 3 rings (SSSR count). The highest BCUT2D eigenvalue weighted by Gasteiger charge is 2.48. The van der Waals surface area contributed by atoms with E-state index in [1.54, 1.807) is 19.1 Å². The van der Waals surface area contributed by atoms with E-state index in [-0.39, 0.29) is 12.1 Å². The zero-order valence-corrected chi connectivity index (χ0v) is 10.7. The van der Waals surface area contributed by atoms with Crippen LogP contribution in [0, 0.1) is 0 Å². The van der Waals surface area contributed by atoms with Crippen LogP contribution < -0.4 is 14.8 Å². The van der Waals surface area contributed by atoms with Gasteiger partial charge < -0.3 is 14.8 Å². The Labute approximate surface area is 106 Å². The highest BCUT2D eigenvalue weighted by Crippen LogP contribution is 2.47. The number of hydrogen-bond donors (Lipinski definition) is 1. The van der Waals surface area contributed by atoms with Gasteiger partial charge in [0.15, 0.2) is 17.2 Å². The van der Waals surface area contributed by atoms with Gasteiger partial charge in [0.1, 0.15) is 0 Å². The third-order valence-electron chi connectivity index (χ3n) is 3.82. The molecule has 0 saturated carbocycles. The lowest BCUT2D eigenvalue weighted by molar-refractivity contribution is -0.0732. The van der Waals surface area contributed by atoms with Crippen molar-refractivity contribution in [1.82, 2.24) is 10.2 Å². The van der Waals surface area contributed by atoms with E-state index in [1.807, 2.05) is 25.1 Å². The molecule has 2 bridgehead atoms. The van der Waals surface area contributed by atoms with E-state index in [0.717, 1.165) is 17.7 Å². The maximum absolute atomic E-state index is 11.9. The molecule has 1 N–H and O–H groups in total. The maximum atomic E-state index is 11.9. The van der Waals surface area contributed by atoms with E-state index in [1.165, 1.54) is 0 Å². The lowest BCUT2D eigenvalue weighted by atomic mass is 9.90. The zero-order chi connectivity index (χ0) is 12.9. The van der Waals surface area contributed by atoms with Crippen molar-refractivity contribution in [3.05, 3.63) is 23.8 Å². The van der Waals surface area contributed by atoms with Crippen molar-refractivity contribution < 1.29 is 14.3 Å². The van der Waals surface area contributed by atoms with E-state index >= 15 is 0 Å². The van der Waals surface area contributed by atoms with Gasteiger partial charge in [-0.3, -0.25) is 4.90 Å². The van der Waals surface area contributed by atoms with E-state index in [0.29, 0.717) is 5.75 Å². The Morgan fingerprint density at radius 2 is 2.33 bits per heavy atom. The molecular formula is C13H16N2O3. The van der Waals surface area contributed by atoms with Crippen LogP contribution in [0.25, 0.3) is 0 Å². The molecule has 2 aliphatic heterocycles. The highest BCUT2D eigenvalue weighted by atomic mass is 16.5. The fourth-order valence-corrected chi connectivity index (χ4v) is 2.62. The van der Waals surface area contributed by atoms with Gasteiger partial charge in [0.2, 0.25) is 0 Å². The van der Waals surface area contributed by atoms with Crippen molar-refractivity contribution >= 4 is 6.03 Å². The van der Waals surface area contributed by atoms with E-state index in [2.05, 4.69) is 5.32 Å². The predicted molar refractivity (Wildman–Crippen MR) is 65.7 cm³/mol. The minimum Gasteiger partial charge on any atom is -0.493 e. The van der Waals surface area contributed by atoms with Crippen molar-refractivity contribution in [2.75, 3.05) is 14.2 Å². The molecule has 0 spiro atoms. The van der Waals surface area contributed by atoms with Gasteiger partial charge in [-0.25, -0.2) is 4.79 Å². The first-order chi connectivity index (χ1) is 8.55. The molecule has 1 saturated heterocycles. The van der Waals surface area contributed by atoms with Crippen LogP contribution in [0.3, 0.4) is 0 Å². The average molecular weight is 248 g/mol. The van der Waals surface area contributed by atoms with Gasteiger partial charge in [-0.15, -0.1) is 0 Å². The molecule has 0 radical (unpaired) electrons. The molecule has 5 heteroatoms. The largest absolute Gasteiger partial charge is 0.493 e. The topological polar surface area (TPSA) is 50.8 Å². The highest BCUT2D eigenvalue weighted by molar-refractivity contribution is 5.77. The molecule has 0 aromatic heterocycles. The van der Waals surface area contributed by atoms with Crippen molar-refractivity contribution in [3.63, 3.8) is 0 Å². The number of urea groups is 1. The zero-order valence-electron chi connectivity index (χ0n) is 10.7. The summed E-state index contributed by atoms with van der Waals surface area (Å²) in [6, 6.07) is 5.62. The standard InChI is InChI=1S/C13H16N2O3/c1-13-7-9(14-12(16)15(13)2)8-5-4-6-10(17-3)11(8)18-13/h4-6,9H,7H2,1-3H3,(H,14,16). The third-order valence-corrected chi connectivity index (χ3v) is 3.82. The Morgan fingerprint density at radius 1 is 1.56 bits per heavy atom. The number of nitrogens with zero attached hydrogens (tertiary/aromatic N) is 1. The second-order valence-electron chi connectivity index (χ2n) is 4.92. The van der Waals surface area contributed by atoms with E-state index in [9.17, 15) is 4.79 Å². The summed E-state index contributed by atoms with van der Waals surface area (Å²) in [5.74, 6) is 1.43. The van der Waals surface area contributed by atoms with Crippen LogP contribution in [0.5, 0.6) is 11.5 Å². The summed E-state index contributed by atoms with van der Waals surface area (Å²) >= 11 is 0. The van der Waals surface area contributed by atoms with Crippen LogP contribution in [0.1, 0.15) is 24.9 Å². The number of hydrogen-bond acceptors (Lipinski definition) is 3. The fraction of sp³-hybridized carbons (Fsp3) is 0.462. The third kappa shape index (κ3) is 1.36. The fourth-order valence-electron chi connectivity index (χ4n) is 2.62. The van der Waals surface area contributed by atoms with Gasteiger partial charge in [-0.1, -0.05) is 12.1 Å². The second-order valence-corrected chi connectivity index (χ2v) is 4.92. The van der Waals surface area contributed by atoms with Crippen molar-refractivity contribution in [2.24, 2.45) is 0 Å². The van der Waals surface area contributed by atoms with Crippen LogP contribution in [0.2, 0.25) is 0 Å². The number of carbonyl (C=O) groups is 1. The summed E-state index contributed by atoms with van der Waals surface area (Å²) in [6.45, 7) is 1.92. The van der Waals surface area contributed by atoms with Gasteiger partial charge >= 0.3 is 6.03 Å². The number of para-hydroxylation sites is 1. The molecule has 0 aliphatic carbocycles. The van der Waals surface area contributed by atoms with Crippen molar-refractivity contribution in [2.45, 2.75) is 25.1 Å². The SMILES string of the molecule is COc1cccc2c1OC1(C)CC2NC(=O)N1C. The minimum absolute atomic E-state index is 0.0162. The first-order valence-electron chi connectivity index (χ1n) is 5.95. The monoisotopic (exact) mass is 248 g/mol. The van der Waals surface area contributed by atoms with Crippen LogP contribution in [0.4, 0.5) is 4.79 Å². The normalized spacial score (nSPS) is 29.2. The molecule has 96 valence electrons. The molecule has 18 heavy (non-hydrogen) atoms. The first-order valence-corrected chi connectivity index (χ1v) is 5.95. The van der Waals surface area contributed by atoms with Crippen molar-refractivity contribution in [1.29, 1.82) is 0 Å². The van der Waals surface area contributed by atoms with Gasteiger partial charge in [-0.05, 0) is 13.0 Å². The quantitative estimate of drug-likeness (QED) is 0.825. The molecule has 2 unspecified atom stereocenters. The summed E-state index contributed by atoms with van der Waals surface area (Å²) in [5.41, 5.74) is 0.363. The molecular weight excluding hydrogens is 232 g/mol. The van der Waals surface area contributed by atoms with E-state index in [4.69, 9.17) is 9.47 Å². The smallest absolute Gasteiger partial charge is 0.320 e. The molecule has 1 aromatic rings. The number of ether oxygens (including phenoxy) is 2. The molecule has 2 aliphatic rings.